The van der Waals surface area contributed by atoms with E-state index in [0.717, 1.165) is 25.9 Å². The highest BCUT2D eigenvalue weighted by Gasteiger charge is 2.08. The van der Waals surface area contributed by atoms with Gasteiger partial charge in [-0.1, -0.05) is 19.1 Å². The second-order valence-electron chi connectivity index (χ2n) is 3.58. The predicted octanol–water partition coefficient (Wildman–Crippen LogP) is 2.32. The van der Waals surface area contributed by atoms with E-state index in [2.05, 4.69) is 12.2 Å². The van der Waals surface area contributed by atoms with Gasteiger partial charge in [0.15, 0.2) is 0 Å². The zero-order chi connectivity index (χ0) is 11.8. The van der Waals surface area contributed by atoms with Gasteiger partial charge in [-0.3, -0.25) is 4.21 Å². The standard InChI is InChI=1S/C12H18FNOS/c1-2-8-14-9-5-10-16(15)12-7-4-3-6-11(12)13/h3-4,6-7,14H,2,5,8-10H2,1H3. The van der Waals surface area contributed by atoms with Crippen LogP contribution in [0.4, 0.5) is 4.39 Å². The minimum atomic E-state index is -1.22. The third-order valence-electron chi connectivity index (χ3n) is 2.19. The van der Waals surface area contributed by atoms with Gasteiger partial charge in [-0.05, 0) is 38.1 Å². The zero-order valence-corrected chi connectivity index (χ0v) is 10.4. The number of hydrogen-bond donors (Lipinski definition) is 1. The first-order chi connectivity index (χ1) is 7.75. The summed E-state index contributed by atoms with van der Waals surface area (Å²) in [5.74, 6) is 0.139. The van der Waals surface area contributed by atoms with Crippen molar-refractivity contribution in [1.29, 1.82) is 0 Å². The molecule has 0 saturated carbocycles. The van der Waals surface area contributed by atoms with Crippen LogP contribution in [0.5, 0.6) is 0 Å². The maximum absolute atomic E-state index is 13.3. The largest absolute Gasteiger partial charge is 0.317 e. The molecule has 1 unspecified atom stereocenters. The monoisotopic (exact) mass is 243 g/mol. The minimum Gasteiger partial charge on any atom is -0.317 e. The molecule has 1 N–H and O–H groups in total. The summed E-state index contributed by atoms with van der Waals surface area (Å²) < 4.78 is 25.0. The van der Waals surface area contributed by atoms with Crippen LogP contribution in [0.3, 0.4) is 0 Å². The third-order valence-corrected chi connectivity index (χ3v) is 3.67. The average molecular weight is 243 g/mol. The molecule has 90 valence electrons. The summed E-state index contributed by atoms with van der Waals surface area (Å²) in [6.45, 7) is 3.92. The Morgan fingerprint density at radius 1 is 1.31 bits per heavy atom. The predicted molar refractivity (Wildman–Crippen MR) is 65.5 cm³/mol. The molecule has 0 bridgehead atoms. The highest BCUT2D eigenvalue weighted by molar-refractivity contribution is 7.85. The lowest BCUT2D eigenvalue weighted by Gasteiger charge is -2.04. The van der Waals surface area contributed by atoms with Crippen LogP contribution in [0.25, 0.3) is 0 Å². The van der Waals surface area contributed by atoms with Crippen molar-refractivity contribution in [2.45, 2.75) is 24.7 Å². The molecule has 0 radical (unpaired) electrons. The van der Waals surface area contributed by atoms with Crippen molar-refractivity contribution in [2.24, 2.45) is 0 Å². The Hall–Kier alpha value is -0.740. The van der Waals surface area contributed by atoms with Crippen LogP contribution < -0.4 is 5.32 Å². The first-order valence-electron chi connectivity index (χ1n) is 5.59. The van der Waals surface area contributed by atoms with E-state index in [1.54, 1.807) is 18.2 Å². The SMILES string of the molecule is CCCNCCCS(=O)c1ccccc1F. The molecule has 1 atom stereocenters. The third kappa shape index (κ3) is 4.41. The molecular formula is C12H18FNOS. The van der Waals surface area contributed by atoms with Gasteiger partial charge >= 0.3 is 0 Å². The van der Waals surface area contributed by atoms with E-state index < -0.39 is 10.8 Å². The lowest BCUT2D eigenvalue weighted by atomic mass is 10.3. The van der Waals surface area contributed by atoms with Crippen LogP contribution in [0.1, 0.15) is 19.8 Å². The Kier molecular flexibility index (Phi) is 6.26. The van der Waals surface area contributed by atoms with Crippen molar-refractivity contribution in [2.75, 3.05) is 18.8 Å². The van der Waals surface area contributed by atoms with Gasteiger partial charge in [0.2, 0.25) is 0 Å². The van der Waals surface area contributed by atoms with Gasteiger partial charge in [0.25, 0.3) is 0 Å². The summed E-state index contributed by atoms with van der Waals surface area (Å²) in [6.07, 6.45) is 1.90. The highest BCUT2D eigenvalue weighted by atomic mass is 32.2. The van der Waals surface area contributed by atoms with E-state index in [0.29, 0.717) is 10.6 Å². The normalized spacial score (nSPS) is 12.6. The van der Waals surface area contributed by atoms with Gasteiger partial charge in [0.05, 0.1) is 15.7 Å². The number of nitrogens with one attached hydrogen (secondary N) is 1. The molecule has 2 nitrogen and oxygen atoms in total. The Morgan fingerprint density at radius 2 is 2.06 bits per heavy atom. The molecular weight excluding hydrogens is 225 g/mol. The van der Waals surface area contributed by atoms with E-state index in [9.17, 15) is 8.60 Å². The molecule has 0 aliphatic rings. The molecule has 0 heterocycles. The Bertz CT molecular complexity index is 344. The quantitative estimate of drug-likeness (QED) is 0.745. The fraction of sp³-hybridized carbons (Fsp3) is 0.500. The summed E-state index contributed by atoms with van der Waals surface area (Å²) in [5.41, 5.74) is 0. The number of rotatable bonds is 7. The molecule has 1 aromatic carbocycles. The van der Waals surface area contributed by atoms with E-state index in [4.69, 9.17) is 0 Å². The van der Waals surface area contributed by atoms with Crippen molar-refractivity contribution in [1.82, 2.24) is 5.32 Å². The zero-order valence-electron chi connectivity index (χ0n) is 9.54. The van der Waals surface area contributed by atoms with Crippen LogP contribution in [-0.4, -0.2) is 23.1 Å². The Morgan fingerprint density at radius 3 is 2.75 bits per heavy atom. The smallest absolute Gasteiger partial charge is 0.139 e. The second-order valence-corrected chi connectivity index (χ2v) is 5.12. The summed E-state index contributed by atoms with van der Waals surface area (Å²) in [6, 6.07) is 6.26. The van der Waals surface area contributed by atoms with Crippen LogP contribution in [0.15, 0.2) is 29.2 Å². The maximum Gasteiger partial charge on any atom is 0.139 e. The molecule has 1 rings (SSSR count). The minimum absolute atomic E-state index is 0.318. The molecule has 0 aliphatic heterocycles. The van der Waals surface area contributed by atoms with Gasteiger partial charge < -0.3 is 5.32 Å². The van der Waals surface area contributed by atoms with E-state index in [-0.39, 0.29) is 5.82 Å². The lowest BCUT2D eigenvalue weighted by Crippen LogP contribution is -2.18. The molecule has 0 spiro atoms. The van der Waals surface area contributed by atoms with Gasteiger partial charge in [-0.2, -0.15) is 0 Å². The molecule has 1 aromatic rings. The number of halogens is 1. The van der Waals surface area contributed by atoms with Crippen molar-refractivity contribution in [3.8, 4) is 0 Å². The average Bonchev–Trinajstić information content (AvgIpc) is 2.29. The molecule has 16 heavy (non-hydrogen) atoms. The van der Waals surface area contributed by atoms with Crippen LogP contribution in [-0.2, 0) is 10.8 Å². The van der Waals surface area contributed by atoms with E-state index in [1.165, 1.54) is 6.07 Å². The number of benzene rings is 1. The van der Waals surface area contributed by atoms with Crippen LogP contribution >= 0.6 is 0 Å². The molecule has 0 fully saturated rings. The topological polar surface area (TPSA) is 29.1 Å². The van der Waals surface area contributed by atoms with Gasteiger partial charge in [-0.25, -0.2) is 4.39 Å². The summed E-state index contributed by atoms with van der Waals surface area (Å²) in [5, 5.41) is 3.23. The van der Waals surface area contributed by atoms with Crippen molar-refractivity contribution < 1.29 is 8.60 Å². The lowest BCUT2D eigenvalue weighted by molar-refractivity contribution is 0.594. The van der Waals surface area contributed by atoms with Crippen LogP contribution in [0.2, 0.25) is 0 Å². The fourth-order valence-corrected chi connectivity index (χ4v) is 2.51. The first-order valence-corrected chi connectivity index (χ1v) is 6.91. The molecule has 0 saturated heterocycles. The van der Waals surface area contributed by atoms with Crippen molar-refractivity contribution in [3.63, 3.8) is 0 Å². The summed E-state index contributed by atoms with van der Waals surface area (Å²) in [4.78, 5) is 0.318. The maximum atomic E-state index is 13.3. The molecule has 0 aromatic heterocycles. The fourth-order valence-electron chi connectivity index (χ4n) is 1.37. The van der Waals surface area contributed by atoms with E-state index in [1.807, 2.05) is 0 Å². The van der Waals surface area contributed by atoms with Gasteiger partial charge in [0, 0.05) is 5.75 Å². The first kappa shape index (κ1) is 13.3. The van der Waals surface area contributed by atoms with Gasteiger partial charge in [0.1, 0.15) is 5.82 Å². The highest BCUT2D eigenvalue weighted by Crippen LogP contribution is 2.11. The van der Waals surface area contributed by atoms with Crippen LogP contribution in [0, 0.1) is 5.82 Å². The number of hydrogen-bond acceptors (Lipinski definition) is 2. The summed E-state index contributed by atoms with van der Waals surface area (Å²) in [7, 11) is -1.22. The van der Waals surface area contributed by atoms with E-state index >= 15 is 0 Å². The second kappa shape index (κ2) is 7.52. The molecule has 0 aliphatic carbocycles. The molecule has 0 amide bonds. The summed E-state index contributed by atoms with van der Waals surface area (Å²) >= 11 is 0. The van der Waals surface area contributed by atoms with Crippen molar-refractivity contribution in [3.05, 3.63) is 30.1 Å². The van der Waals surface area contributed by atoms with Gasteiger partial charge in [-0.15, -0.1) is 0 Å². The Balaban J connectivity index is 2.33. The van der Waals surface area contributed by atoms with Crippen molar-refractivity contribution >= 4 is 10.8 Å². The Labute approximate surface area is 98.7 Å². The molecule has 4 heteroatoms.